The van der Waals surface area contributed by atoms with Gasteiger partial charge in [0.2, 0.25) is 0 Å². The second-order valence-corrected chi connectivity index (χ2v) is 5.15. The highest BCUT2D eigenvalue weighted by Gasteiger charge is 2.25. The first-order valence-corrected chi connectivity index (χ1v) is 6.36. The van der Waals surface area contributed by atoms with Gasteiger partial charge in [0, 0.05) is 24.1 Å². The maximum absolute atomic E-state index is 13.7. The molecule has 5 heteroatoms. The number of hydrogen-bond acceptors (Lipinski definition) is 2. The highest BCUT2D eigenvalue weighted by Crippen LogP contribution is 2.30. The van der Waals surface area contributed by atoms with Crippen LogP contribution in [0.4, 0.5) is 8.78 Å². The number of hydrogen-bond donors (Lipinski definition) is 1. The lowest BCUT2D eigenvalue weighted by molar-refractivity contribution is 0.0443. The molecule has 0 aromatic heterocycles. The van der Waals surface area contributed by atoms with Crippen molar-refractivity contribution in [2.45, 2.75) is 18.9 Å². The Labute approximate surface area is 107 Å². The van der Waals surface area contributed by atoms with Crippen LogP contribution in [-0.2, 0) is 4.74 Å². The minimum absolute atomic E-state index is 0.0545. The van der Waals surface area contributed by atoms with Gasteiger partial charge in [0.15, 0.2) is 0 Å². The molecular formula is C12H14BrF2NO. The maximum Gasteiger partial charge on any atom is 0.137 e. The van der Waals surface area contributed by atoms with Crippen LogP contribution in [0.5, 0.6) is 0 Å². The second kappa shape index (κ2) is 5.42. The molecule has 1 aliphatic heterocycles. The summed E-state index contributed by atoms with van der Waals surface area (Å²) in [6.07, 6.45) is 1.80. The topological polar surface area (TPSA) is 35.2 Å². The standard InChI is InChI=1S/C12H14BrF2NO/c13-9-5-10(14)8(4-11(9)15)12(16)7-2-1-3-17-6-7/h4-5,7,12H,1-3,6,16H2. The molecule has 0 amide bonds. The molecule has 1 aliphatic rings. The van der Waals surface area contributed by atoms with Crippen molar-refractivity contribution >= 4 is 15.9 Å². The number of ether oxygens (including phenoxy) is 1. The zero-order chi connectivity index (χ0) is 12.4. The largest absolute Gasteiger partial charge is 0.381 e. The summed E-state index contributed by atoms with van der Waals surface area (Å²) in [4.78, 5) is 0. The first kappa shape index (κ1) is 12.9. The van der Waals surface area contributed by atoms with E-state index < -0.39 is 17.7 Å². The SMILES string of the molecule is NC(c1cc(F)c(Br)cc1F)C1CCCOC1. The average molecular weight is 306 g/mol. The number of nitrogens with two attached hydrogens (primary N) is 1. The Morgan fingerprint density at radius 3 is 2.76 bits per heavy atom. The maximum atomic E-state index is 13.7. The Hall–Kier alpha value is -0.520. The molecule has 0 bridgehead atoms. The van der Waals surface area contributed by atoms with Crippen LogP contribution in [0.1, 0.15) is 24.4 Å². The lowest BCUT2D eigenvalue weighted by atomic mass is 9.89. The Bertz CT molecular complexity index is 408. The molecule has 1 saturated heterocycles. The minimum Gasteiger partial charge on any atom is -0.381 e. The van der Waals surface area contributed by atoms with E-state index in [2.05, 4.69) is 15.9 Å². The average Bonchev–Trinajstić information content (AvgIpc) is 2.34. The fourth-order valence-electron chi connectivity index (χ4n) is 2.10. The smallest absolute Gasteiger partial charge is 0.137 e. The van der Waals surface area contributed by atoms with Gasteiger partial charge in [-0.2, -0.15) is 0 Å². The molecule has 1 aromatic rings. The molecule has 0 radical (unpaired) electrons. The van der Waals surface area contributed by atoms with Gasteiger partial charge in [0.25, 0.3) is 0 Å². The molecule has 1 fully saturated rings. The van der Waals surface area contributed by atoms with Gasteiger partial charge in [-0.05, 0) is 40.9 Å². The summed E-state index contributed by atoms with van der Waals surface area (Å²) in [7, 11) is 0. The molecule has 94 valence electrons. The summed E-state index contributed by atoms with van der Waals surface area (Å²) in [6.45, 7) is 1.23. The zero-order valence-electron chi connectivity index (χ0n) is 9.26. The summed E-state index contributed by atoms with van der Waals surface area (Å²) in [5.74, 6) is -0.913. The molecule has 0 spiro atoms. The van der Waals surface area contributed by atoms with E-state index in [1.54, 1.807) is 0 Å². The van der Waals surface area contributed by atoms with E-state index >= 15 is 0 Å². The van der Waals surface area contributed by atoms with Crippen LogP contribution in [0.25, 0.3) is 0 Å². The summed E-state index contributed by atoms with van der Waals surface area (Å²) in [6, 6.07) is 1.77. The van der Waals surface area contributed by atoms with Crippen molar-refractivity contribution in [2.24, 2.45) is 11.7 Å². The fourth-order valence-corrected chi connectivity index (χ4v) is 2.41. The predicted molar refractivity (Wildman–Crippen MR) is 64.5 cm³/mol. The molecule has 2 nitrogen and oxygen atoms in total. The van der Waals surface area contributed by atoms with E-state index in [0.29, 0.717) is 6.61 Å². The number of rotatable bonds is 2. The van der Waals surface area contributed by atoms with E-state index in [9.17, 15) is 8.78 Å². The van der Waals surface area contributed by atoms with Crippen LogP contribution in [0, 0.1) is 17.6 Å². The summed E-state index contributed by atoms with van der Waals surface area (Å²) in [5.41, 5.74) is 6.21. The molecule has 2 unspecified atom stereocenters. The predicted octanol–water partition coefficient (Wildman–Crippen LogP) is 3.15. The third-order valence-electron chi connectivity index (χ3n) is 3.10. The highest BCUT2D eigenvalue weighted by atomic mass is 79.9. The van der Waals surface area contributed by atoms with E-state index in [4.69, 9.17) is 10.5 Å². The summed E-state index contributed by atoms with van der Waals surface area (Å²) >= 11 is 2.94. The summed E-state index contributed by atoms with van der Waals surface area (Å²) in [5, 5.41) is 0. The monoisotopic (exact) mass is 305 g/mol. The van der Waals surface area contributed by atoms with Crippen LogP contribution in [-0.4, -0.2) is 13.2 Å². The Morgan fingerprint density at radius 2 is 2.12 bits per heavy atom. The lowest BCUT2D eigenvalue weighted by Crippen LogP contribution is -2.29. The van der Waals surface area contributed by atoms with Gasteiger partial charge in [0.05, 0.1) is 11.1 Å². The van der Waals surface area contributed by atoms with Crippen LogP contribution < -0.4 is 5.73 Å². The van der Waals surface area contributed by atoms with Crippen molar-refractivity contribution in [3.05, 3.63) is 33.8 Å². The van der Waals surface area contributed by atoms with E-state index in [1.807, 2.05) is 0 Å². The van der Waals surface area contributed by atoms with Crippen molar-refractivity contribution in [1.82, 2.24) is 0 Å². The fraction of sp³-hybridized carbons (Fsp3) is 0.500. The molecule has 0 saturated carbocycles. The van der Waals surface area contributed by atoms with Crippen molar-refractivity contribution in [2.75, 3.05) is 13.2 Å². The van der Waals surface area contributed by atoms with Crippen LogP contribution in [0.15, 0.2) is 16.6 Å². The van der Waals surface area contributed by atoms with E-state index in [0.717, 1.165) is 25.5 Å². The Balaban J connectivity index is 2.23. The summed E-state index contributed by atoms with van der Waals surface area (Å²) < 4.78 is 32.5. The van der Waals surface area contributed by atoms with Crippen LogP contribution >= 0.6 is 15.9 Å². The highest BCUT2D eigenvalue weighted by molar-refractivity contribution is 9.10. The van der Waals surface area contributed by atoms with Gasteiger partial charge < -0.3 is 10.5 Å². The zero-order valence-corrected chi connectivity index (χ0v) is 10.8. The van der Waals surface area contributed by atoms with Gasteiger partial charge in [0.1, 0.15) is 11.6 Å². The third-order valence-corrected chi connectivity index (χ3v) is 3.71. The molecule has 17 heavy (non-hydrogen) atoms. The van der Waals surface area contributed by atoms with Crippen molar-refractivity contribution in [3.63, 3.8) is 0 Å². The van der Waals surface area contributed by atoms with E-state index in [-0.39, 0.29) is 16.0 Å². The van der Waals surface area contributed by atoms with E-state index in [1.165, 1.54) is 6.07 Å². The first-order valence-electron chi connectivity index (χ1n) is 5.57. The second-order valence-electron chi connectivity index (χ2n) is 4.29. The van der Waals surface area contributed by atoms with Gasteiger partial charge in [-0.25, -0.2) is 8.78 Å². The van der Waals surface area contributed by atoms with Crippen molar-refractivity contribution < 1.29 is 13.5 Å². The molecule has 2 atom stereocenters. The first-order chi connectivity index (χ1) is 8.09. The van der Waals surface area contributed by atoms with Gasteiger partial charge in [-0.15, -0.1) is 0 Å². The normalized spacial score (nSPS) is 22.5. The minimum atomic E-state index is -0.516. The Morgan fingerprint density at radius 1 is 1.35 bits per heavy atom. The molecular weight excluding hydrogens is 292 g/mol. The van der Waals surface area contributed by atoms with Gasteiger partial charge in [-0.1, -0.05) is 0 Å². The van der Waals surface area contributed by atoms with Gasteiger partial charge >= 0.3 is 0 Å². The van der Waals surface area contributed by atoms with Crippen molar-refractivity contribution in [3.8, 4) is 0 Å². The lowest BCUT2D eigenvalue weighted by Gasteiger charge is -2.28. The van der Waals surface area contributed by atoms with Crippen LogP contribution in [0.2, 0.25) is 0 Å². The van der Waals surface area contributed by atoms with Crippen LogP contribution in [0.3, 0.4) is 0 Å². The number of halogens is 3. The molecule has 2 rings (SSSR count). The molecule has 0 aliphatic carbocycles. The molecule has 1 aromatic carbocycles. The number of benzene rings is 1. The van der Waals surface area contributed by atoms with Crippen molar-refractivity contribution in [1.29, 1.82) is 0 Å². The molecule has 1 heterocycles. The quantitative estimate of drug-likeness (QED) is 0.852. The Kier molecular flexibility index (Phi) is 4.12. The third kappa shape index (κ3) is 2.84. The molecule has 2 N–H and O–H groups in total. The van der Waals surface area contributed by atoms with Gasteiger partial charge in [-0.3, -0.25) is 0 Å².